The average Bonchev–Trinajstić information content (AvgIpc) is 2.47. The van der Waals surface area contributed by atoms with Crippen molar-refractivity contribution in [3.8, 4) is 0 Å². The Bertz CT molecular complexity index is 590. The molecule has 6 heteroatoms. The van der Waals surface area contributed by atoms with Gasteiger partial charge in [0.25, 0.3) is 0 Å². The van der Waals surface area contributed by atoms with Crippen LogP contribution in [0.25, 0.3) is 0 Å². The minimum absolute atomic E-state index is 0.138. The summed E-state index contributed by atoms with van der Waals surface area (Å²) in [4.78, 5) is 13.8. The van der Waals surface area contributed by atoms with Crippen molar-refractivity contribution in [2.24, 2.45) is 5.92 Å². The van der Waals surface area contributed by atoms with Gasteiger partial charge in [-0.25, -0.2) is 8.42 Å². The van der Waals surface area contributed by atoms with E-state index in [4.69, 9.17) is 0 Å². The molecule has 0 unspecified atom stereocenters. The lowest BCUT2D eigenvalue weighted by Crippen LogP contribution is -2.39. The first-order chi connectivity index (χ1) is 9.92. The van der Waals surface area contributed by atoms with Gasteiger partial charge in [0, 0.05) is 24.0 Å². The van der Waals surface area contributed by atoms with Gasteiger partial charge in [0.2, 0.25) is 5.91 Å². The minimum atomic E-state index is -3.24. The van der Waals surface area contributed by atoms with E-state index in [2.05, 4.69) is 15.9 Å². The second-order valence-corrected chi connectivity index (χ2v) is 8.36. The number of amides is 1. The molecule has 1 amide bonds. The zero-order valence-corrected chi connectivity index (χ0v) is 14.5. The summed E-state index contributed by atoms with van der Waals surface area (Å²) in [6.07, 6.45) is 2.05. The SMILES string of the molecule is CCC(=O)N1CCC(CS(=O)(=O)c2ccc(Br)cc2)CC1. The van der Waals surface area contributed by atoms with Crippen LogP contribution in [0, 0.1) is 5.92 Å². The van der Waals surface area contributed by atoms with Crippen LogP contribution in [0.4, 0.5) is 0 Å². The summed E-state index contributed by atoms with van der Waals surface area (Å²) >= 11 is 3.31. The molecule has 1 fully saturated rings. The number of halogens is 1. The fourth-order valence-corrected chi connectivity index (χ4v) is 4.58. The molecule has 1 saturated heterocycles. The highest BCUT2D eigenvalue weighted by Crippen LogP contribution is 2.23. The first-order valence-corrected chi connectivity index (χ1v) is 9.63. The highest BCUT2D eigenvalue weighted by Gasteiger charge is 2.26. The molecule has 0 spiro atoms. The molecule has 0 N–H and O–H groups in total. The van der Waals surface area contributed by atoms with Gasteiger partial charge in [-0.3, -0.25) is 4.79 Å². The number of carbonyl (C=O) groups is 1. The molecule has 4 nitrogen and oxygen atoms in total. The molecule has 0 bridgehead atoms. The fraction of sp³-hybridized carbons (Fsp3) is 0.533. The third-order valence-corrected chi connectivity index (χ3v) is 6.33. The predicted molar refractivity (Wildman–Crippen MR) is 85.8 cm³/mol. The second-order valence-electron chi connectivity index (χ2n) is 5.41. The Hall–Kier alpha value is -0.880. The summed E-state index contributed by atoms with van der Waals surface area (Å²) in [6, 6.07) is 6.76. The molecule has 1 aromatic carbocycles. The molecule has 0 saturated carbocycles. The minimum Gasteiger partial charge on any atom is -0.343 e. The molecule has 0 radical (unpaired) electrons. The van der Waals surface area contributed by atoms with E-state index in [1.54, 1.807) is 24.3 Å². The van der Waals surface area contributed by atoms with Gasteiger partial charge in [-0.15, -0.1) is 0 Å². The highest BCUT2D eigenvalue weighted by molar-refractivity contribution is 9.10. The van der Waals surface area contributed by atoms with Gasteiger partial charge in [-0.2, -0.15) is 0 Å². The highest BCUT2D eigenvalue weighted by atomic mass is 79.9. The molecule has 1 aliphatic heterocycles. The molecule has 1 aliphatic rings. The Balaban J connectivity index is 1.96. The van der Waals surface area contributed by atoms with Gasteiger partial charge < -0.3 is 4.90 Å². The van der Waals surface area contributed by atoms with Gasteiger partial charge in [0.15, 0.2) is 9.84 Å². The summed E-state index contributed by atoms with van der Waals surface area (Å²) < 4.78 is 25.6. The Morgan fingerprint density at radius 3 is 2.33 bits per heavy atom. The van der Waals surface area contributed by atoms with Gasteiger partial charge in [0.1, 0.15) is 0 Å². The summed E-state index contributed by atoms with van der Waals surface area (Å²) in [5.74, 6) is 0.465. The van der Waals surface area contributed by atoms with E-state index in [1.807, 2.05) is 11.8 Å². The number of piperidine rings is 1. The van der Waals surface area contributed by atoms with Crippen LogP contribution in [0.3, 0.4) is 0 Å². The number of rotatable bonds is 4. The van der Waals surface area contributed by atoms with E-state index in [0.29, 0.717) is 24.4 Å². The second kappa shape index (κ2) is 6.92. The quantitative estimate of drug-likeness (QED) is 0.815. The molecule has 0 atom stereocenters. The molecule has 2 rings (SSSR count). The molecule has 1 aromatic rings. The van der Waals surface area contributed by atoms with Gasteiger partial charge in [0.05, 0.1) is 10.6 Å². The lowest BCUT2D eigenvalue weighted by Gasteiger charge is -2.31. The first-order valence-electron chi connectivity index (χ1n) is 7.18. The molecule has 116 valence electrons. The average molecular weight is 374 g/mol. The normalized spacial score (nSPS) is 17.0. The lowest BCUT2D eigenvalue weighted by atomic mass is 9.99. The largest absolute Gasteiger partial charge is 0.343 e. The van der Waals surface area contributed by atoms with Crippen LogP contribution in [0.2, 0.25) is 0 Å². The molecular weight excluding hydrogens is 354 g/mol. The monoisotopic (exact) mass is 373 g/mol. The number of nitrogens with zero attached hydrogens (tertiary/aromatic N) is 1. The van der Waals surface area contributed by atoms with E-state index in [1.165, 1.54) is 0 Å². The van der Waals surface area contributed by atoms with Crippen molar-refractivity contribution >= 4 is 31.7 Å². The van der Waals surface area contributed by atoms with Crippen LogP contribution < -0.4 is 0 Å². The van der Waals surface area contributed by atoms with Crippen LogP contribution in [-0.4, -0.2) is 38.1 Å². The Morgan fingerprint density at radius 1 is 1.24 bits per heavy atom. The standard InChI is InChI=1S/C15H20BrNO3S/c1-2-15(18)17-9-7-12(8-10-17)11-21(19,20)14-5-3-13(16)4-6-14/h3-6,12H,2,7-11H2,1H3. The molecule has 1 heterocycles. The summed E-state index contributed by atoms with van der Waals surface area (Å²) in [7, 11) is -3.24. The summed E-state index contributed by atoms with van der Waals surface area (Å²) in [5.41, 5.74) is 0. The van der Waals surface area contributed by atoms with E-state index < -0.39 is 9.84 Å². The molecule has 21 heavy (non-hydrogen) atoms. The number of sulfone groups is 1. The predicted octanol–water partition coefficient (Wildman–Crippen LogP) is 2.87. The van der Waals surface area contributed by atoms with Crippen LogP contribution in [0.15, 0.2) is 33.6 Å². The van der Waals surface area contributed by atoms with E-state index in [0.717, 1.165) is 17.3 Å². The third kappa shape index (κ3) is 4.30. The van der Waals surface area contributed by atoms with Crippen molar-refractivity contribution in [1.82, 2.24) is 4.90 Å². The Kier molecular flexibility index (Phi) is 5.43. The summed E-state index contributed by atoms with van der Waals surface area (Å²) in [6.45, 7) is 3.20. The number of likely N-dealkylation sites (tertiary alicyclic amines) is 1. The van der Waals surface area contributed by atoms with Crippen molar-refractivity contribution in [2.45, 2.75) is 31.1 Å². The number of hydrogen-bond acceptors (Lipinski definition) is 3. The van der Waals surface area contributed by atoms with Gasteiger partial charge in [-0.05, 0) is 43.0 Å². The smallest absolute Gasteiger partial charge is 0.222 e. The maximum absolute atomic E-state index is 12.4. The van der Waals surface area contributed by atoms with Crippen LogP contribution in [0.1, 0.15) is 26.2 Å². The van der Waals surface area contributed by atoms with E-state index >= 15 is 0 Å². The first kappa shape index (κ1) is 16.5. The zero-order chi connectivity index (χ0) is 15.5. The van der Waals surface area contributed by atoms with Crippen molar-refractivity contribution < 1.29 is 13.2 Å². The molecule has 0 aromatic heterocycles. The van der Waals surface area contributed by atoms with Crippen molar-refractivity contribution in [3.05, 3.63) is 28.7 Å². The number of benzene rings is 1. The maximum atomic E-state index is 12.4. The van der Waals surface area contributed by atoms with Gasteiger partial charge in [-0.1, -0.05) is 22.9 Å². The van der Waals surface area contributed by atoms with Crippen molar-refractivity contribution in [2.75, 3.05) is 18.8 Å². The van der Waals surface area contributed by atoms with Crippen LogP contribution >= 0.6 is 15.9 Å². The maximum Gasteiger partial charge on any atom is 0.222 e. The van der Waals surface area contributed by atoms with Crippen LogP contribution in [-0.2, 0) is 14.6 Å². The van der Waals surface area contributed by atoms with E-state index in [-0.39, 0.29) is 17.6 Å². The Morgan fingerprint density at radius 2 is 1.81 bits per heavy atom. The molecule has 0 aliphatic carbocycles. The molecular formula is C15H20BrNO3S. The summed E-state index contributed by atoms with van der Waals surface area (Å²) in [5, 5.41) is 0. The van der Waals surface area contributed by atoms with Crippen molar-refractivity contribution in [1.29, 1.82) is 0 Å². The van der Waals surface area contributed by atoms with Crippen LogP contribution in [0.5, 0.6) is 0 Å². The fourth-order valence-electron chi connectivity index (χ4n) is 2.62. The van der Waals surface area contributed by atoms with Crippen molar-refractivity contribution in [3.63, 3.8) is 0 Å². The Labute approximate surface area is 134 Å². The number of hydrogen-bond donors (Lipinski definition) is 0. The lowest BCUT2D eigenvalue weighted by molar-refractivity contribution is -0.132. The number of carbonyl (C=O) groups excluding carboxylic acids is 1. The third-order valence-electron chi connectivity index (χ3n) is 3.90. The van der Waals surface area contributed by atoms with E-state index in [9.17, 15) is 13.2 Å². The topological polar surface area (TPSA) is 54.5 Å². The zero-order valence-electron chi connectivity index (χ0n) is 12.1. The van der Waals surface area contributed by atoms with Gasteiger partial charge >= 0.3 is 0 Å².